The van der Waals surface area contributed by atoms with Crippen LogP contribution in [0.5, 0.6) is 0 Å². The van der Waals surface area contributed by atoms with Crippen LogP contribution in [0.25, 0.3) is 0 Å². The Hall–Kier alpha value is -1.36. The third kappa shape index (κ3) is 7.48. The summed E-state index contributed by atoms with van der Waals surface area (Å²) in [7, 11) is 2.23. The molecule has 148 valence electrons. The van der Waals surface area contributed by atoms with Crippen molar-refractivity contribution in [3.05, 3.63) is 12.3 Å². The first kappa shape index (κ1) is 20.9. The molecule has 1 aromatic heterocycles. The molecule has 26 heavy (non-hydrogen) atoms. The van der Waals surface area contributed by atoms with Gasteiger partial charge in [0.05, 0.1) is 0 Å². The zero-order chi connectivity index (χ0) is 18.6. The highest BCUT2D eigenvalue weighted by atomic mass is 15.2. The van der Waals surface area contributed by atoms with Crippen molar-refractivity contribution in [3.8, 4) is 0 Å². The van der Waals surface area contributed by atoms with Crippen LogP contribution in [-0.2, 0) is 0 Å². The molecule has 2 rings (SSSR count). The van der Waals surface area contributed by atoms with Crippen LogP contribution in [0.1, 0.15) is 65.2 Å². The fourth-order valence-corrected chi connectivity index (χ4v) is 3.72. The average Bonchev–Trinajstić information content (AvgIpc) is 2.95. The van der Waals surface area contributed by atoms with Gasteiger partial charge in [0.2, 0.25) is 5.95 Å². The van der Waals surface area contributed by atoms with E-state index in [1.54, 1.807) is 0 Å². The molecule has 1 N–H and O–H groups in total. The first-order valence-electron chi connectivity index (χ1n) is 10.7. The third-order valence-electron chi connectivity index (χ3n) is 5.46. The number of aromatic nitrogens is 2. The molecule has 1 aliphatic rings. The summed E-state index contributed by atoms with van der Waals surface area (Å²) in [4.78, 5) is 14.0. The largest absolute Gasteiger partial charge is 0.356 e. The summed E-state index contributed by atoms with van der Waals surface area (Å²) in [6.45, 7) is 9.94. The van der Waals surface area contributed by atoms with Gasteiger partial charge in [0.15, 0.2) is 0 Å². The second-order valence-electron chi connectivity index (χ2n) is 7.75. The molecule has 2 heterocycles. The molecule has 1 unspecified atom stereocenters. The molecule has 0 saturated carbocycles. The fourth-order valence-electron chi connectivity index (χ4n) is 3.72. The second kappa shape index (κ2) is 12.1. The van der Waals surface area contributed by atoms with Gasteiger partial charge in [-0.3, -0.25) is 0 Å². The Labute approximate surface area is 160 Å². The van der Waals surface area contributed by atoms with E-state index in [2.05, 4.69) is 41.0 Å². The van der Waals surface area contributed by atoms with E-state index in [1.165, 1.54) is 57.9 Å². The standard InChI is InChI=1S/C21H39N5/c1-4-6-11-19(5-2)18-25(3)17-14-23-21-22-13-12-20(24-21)26-15-9-7-8-10-16-26/h12-13,19H,4-11,14-18H2,1-3H3,(H,22,23,24). The number of rotatable bonds is 11. The Morgan fingerprint density at radius 2 is 1.96 bits per heavy atom. The fraction of sp³-hybridized carbons (Fsp3) is 0.810. The van der Waals surface area contributed by atoms with E-state index in [1.807, 2.05) is 12.3 Å². The molecule has 0 spiro atoms. The van der Waals surface area contributed by atoms with Crippen LogP contribution in [0.2, 0.25) is 0 Å². The SMILES string of the molecule is CCCCC(CC)CN(C)CCNc1nccc(N2CCCCCC2)n1. The zero-order valence-corrected chi connectivity index (χ0v) is 17.2. The van der Waals surface area contributed by atoms with Crippen molar-refractivity contribution in [1.82, 2.24) is 14.9 Å². The van der Waals surface area contributed by atoms with Crippen molar-refractivity contribution >= 4 is 11.8 Å². The molecule has 1 atom stereocenters. The van der Waals surface area contributed by atoms with Crippen LogP contribution in [0.15, 0.2) is 12.3 Å². The van der Waals surface area contributed by atoms with Crippen molar-refractivity contribution in [2.75, 3.05) is 50.0 Å². The molecule has 1 aromatic rings. The Kier molecular flexibility index (Phi) is 9.75. The molecule has 0 bridgehead atoms. The number of anilines is 2. The van der Waals surface area contributed by atoms with Crippen LogP contribution >= 0.6 is 0 Å². The summed E-state index contributed by atoms with van der Waals surface area (Å²) in [6.07, 6.45) is 12.4. The molecular formula is C21H39N5. The van der Waals surface area contributed by atoms with Gasteiger partial charge in [0.25, 0.3) is 0 Å². The van der Waals surface area contributed by atoms with E-state index in [-0.39, 0.29) is 0 Å². The quantitative estimate of drug-likeness (QED) is 0.632. The van der Waals surface area contributed by atoms with Gasteiger partial charge < -0.3 is 15.1 Å². The van der Waals surface area contributed by atoms with Gasteiger partial charge in [0.1, 0.15) is 5.82 Å². The van der Waals surface area contributed by atoms with Gasteiger partial charge in [-0.05, 0) is 38.3 Å². The van der Waals surface area contributed by atoms with Crippen molar-refractivity contribution in [2.24, 2.45) is 5.92 Å². The molecule has 1 saturated heterocycles. The average molecular weight is 362 g/mol. The van der Waals surface area contributed by atoms with Crippen LogP contribution in [0.3, 0.4) is 0 Å². The predicted octanol–water partition coefficient (Wildman–Crippen LogP) is 4.42. The summed E-state index contributed by atoms with van der Waals surface area (Å²) >= 11 is 0. The smallest absolute Gasteiger partial charge is 0.224 e. The number of nitrogens with one attached hydrogen (secondary N) is 1. The topological polar surface area (TPSA) is 44.3 Å². The lowest BCUT2D eigenvalue weighted by Crippen LogP contribution is -2.30. The van der Waals surface area contributed by atoms with Crippen LogP contribution in [0, 0.1) is 5.92 Å². The summed E-state index contributed by atoms with van der Waals surface area (Å²) in [5.41, 5.74) is 0. The number of unbranched alkanes of at least 4 members (excludes halogenated alkanes) is 1. The molecule has 1 aliphatic heterocycles. The highest BCUT2D eigenvalue weighted by molar-refractivity contribution is 5.42. The molecule has 0 aliphatic carbocycles. The highest BCUT2D eigenvalue weighted by Crippen LogP contribution is 2.18. The maximum Gasteiger partial charge on any atom is 0.224 e. The Morgan fingerprint density at radius 3 is 2.65 bits per heavy atom. The summed E-state index contributed by atoms with van der Waals surface area (Å²) in [5, 5.41) is 3.41. The summed E-state index contributed by atoms with van der Waals surface area (Å²) in [6, 6.07) is 2.04. The minimum absolute atomic E-state index is 0.762. The zero-order valence-electron chi connectivity index (χ0n) is 17.2. The molecule has 0 radical (unpaired) electrons. The lowest BCUT2D eigenvalue weighted by molar-refractivity contribution is 0.267. The second-order valence-corrected chi connectivity index (χ2v) is 7.75. The normalized spacial score (nSPS) is 16.5. The van der Waals surface area contributed by atoms with E-state index in [9.17, 15) is 0 Å². The molecular weight excluding hydrogens is 322 g/mol. The van der Waals surface area contributed by atoms with Crippen LogP contribution < -0.4 is 10.2 Å². The van der Waals surface area contributed by atoms with E-state index >= 15 is 0 Å². The predicted molar refractivity (Wildman–Crippen MR) is 112 cm³/mol. The van der Waals surface area contributed by atoms with Crippen LogP contribution in [0.4, 0.5) is 11.8 Å². The molecule has 0 amide bonds. The summed E-state index contributed by atoms with van der Waals surface area (Å²) in [5.74, 6) is 2.66. The minimum Gasteiger partial charge on any atom is -0.356 e. The number of hydrogen-bond acceptors (Lipinski definition) is 5. The summed E-state index contributed by atoms with van der Waals surface area (Å²) < 4.78 is 0. The minimum atomic E-state index is 0.762. The van der Waals surface area contributed by atoms with Crippen molar-refractivity contribution < 1.29 is 0 Å². The molecule has 1 fully saturated rings. The highest BCUT2D eigenvalue weighted by Gasteiger charge is 2.12. The first-order chi connectivity index (χ1) is 12.7. The first-order valence-corrected chi connectivity index (χ1v) is 10.7. The molecule has 5 heteroatoms. The molecule has 0 aromatic carbocycles. The van der Waals surface area contributed by atoms with Crippen molar-refractivity contribution in [2.45, 2.75) is 65.2 Å². The van der Waals surface area contributed by atoms with E-state index < -0.39 is 0 Å². The van der Waals surface area contributed by atoms with Gasteiger partial charge in [-0.2, -0.15) is 4.98 Å². The van der Waals surface area contributed by atoms with E-state index in [0.29, 0.717) is 0 Å². The van der Waals surface area contributed by atoms with Gasteiger partial charge in [-0.15, -0.1) is 0 Å². The maximum absolute atomic E-state index is 4.74. The third-order valence-corrected chi connectivity index (χ3v) is 5.46. The van der Waals surface area contributed by atoms with Gasteiger partial charge in [-0.1, -0.05) is 46.0 Å². The van der Waals surface area contributed by atoms with E-state index in [0.717, 1.165) is 43.9 Å². The van der Waals surface area contributed by atoms with Gasteiger partial charge in [0, 0.05) is 38.9 Å². The van der Waals surface area contributed by atoms with Gasteiger partial charge in [-0.25, -0.2) is 4.98 Å². The number of likely N-dealkylation sites (N-methyl/N-ethyl adjacent to an activating group) is 1. The van der Waals surface area contributed by atoms with Gasteiger partial charge >= 0.3 is 0 Å². The maximum atomic E-state index is 4.74. The lowest BCUT2D eigenvalue weighted by Gasteiger charge is -2.23. The Morgan fingerprint density at radius 1 is 1.19 bits per heavy atom. The van der Waals surface area contributed by atoms with Crippen molar-refractivity contribution in [1.29, 1.82) is 0 Å². The Balaban J connectivity index is 1.75. The Bertz CT molecular complexity index is 485. The van der Waals surface area contributed by atoms with Crippen LogP contribution in [-0.4, -0.2) is 54.6 Å². The lowest BCUT2D eigenvalue weighted by atomic mass is 9.99. The monoisotopic (exact) mass is 361 g/mol. The molecule has 5 nitrogen and oxygen atoms in total. The number of nitrogens with zero attached hydrogens (tertiary/aromatic N) is 4. The van der Waals surface area contributed by atoms with E-state index in [4.69, 9.17) is 4.98 Å². The van der Waals surface area contributed by atoms with Crippen molar-refractivity contribution in [3.63, 3.8) is 0 Å². The number of hydrogen-bond donors (Lipinski definition) is 1.